The van der Waals surface area contributed by atoms with E-state index in [1.165, 1.54) is 11.1 Å². The topological polar surface area (TPSA) is 34.1 Å². The van der Waals surface area contributed by atoms with Gasteiger partial charge in [0.2, 0.25) is 0 Å². The van der Waals surface area contributed by atoms with E-state index >= 15 is 0 Å². The molecule has 21 heavy (non-hydrogen) atoms. The lowest BCUT2D eigenvalue weighted by Crippen LogP contribution is -2.18. The summed E-state index contributed by atoms with van der Waals surface area (Å²) in [5, 5.41) is 6.56. The second kappa shape index (κ2) is 7.16. The number of benzene rings is 1. The van der Waals surface area contributed by atoms with Gasteiger partial charge in [0.05, 0.1) is 12.3 Å². The monoisotopic (exact) mass is 304 g/mol. The number of rotatable bonds is 6. The fourth-order valence-corrected chi connectivity index (χ4v) is 2.81. The van der Waals surface area contributed by atoms with Gasteiger partial charge in [-0.3, -0.25) is 0 Å². The fraction of sp³-hybridized carbons (Fsp3) is 0.471. The summed E-state index contributed by atoms with van der Waals surface area (Å²) in [6, 6.07) is 8.73. The summed E-state index contributed by atoms with van der Waals surface area (Å²) in [6.07, 6.45) is 0. The molecule has 0 aliphatic heterocycles. The second-order valence-corrected chi connectivity index (χ2v) is 7.07. The molecule has 3 nitrogen and oxygen atoms in total. The Morgan fingerprint density at radius 1 is 1.19 bits per heavy atom. The minimum Gasteiger partial charge on any atom is -0.383 e. The van der Waals surface area contributed by atoms with Crippen LogP contribution in [0.15, 0.2) is 29.6 Å². The molecule has 114 valence electrons. The predicted octanol–water partition coefficient (Wildman–Crippen LogP) is 3.84. The van der Waals surface area contributed by atoms with Crippen molar-refractivity contribution in [1.82, 2.24) is 10.3 Å². The molecular formula is C17H24N2OS. The van der Waals surface area contributed by atoms with E-state index in [0.29, 0.717) is 0 Å². The van der Waals surface area contributed by atoms with Gasteiger partial charge in [0, 0.05) is 31.1 Å². The van der Waals surface area contributed by atoms with Gasteiger partial charge in [-0.2, -0.15) is 0 Å². The normalized spacial score (nSPS) is 11.8. The highest BCUT2D eigenvalue weighted by Crippen LogP contribution is 2.26. The van der Waals surface area contributed by atoms with Crippen LogP contribution in [0.4, 0.5) is 0 Å². The molecule has 0 aliphatic carbocycles. The molecular weight excluding hydrogens is 280 g/mol. The fourth-order valence-electron chi connectivity index (χ4n) is 2.04. The van der Waals surface area contributed by atoms with Crippen LogP contribution in [0.5, 0.6) is 0 Å². The Balaban J connectivity index is 2.00. The summed E-state index contributed by atoms with van der Waals surface area (Å²) in [5.74, 6) is 0. The van der Waals surface area contributed by atoms with Crippen molar-refractivity contribution in [3.05, 3.63) is 40.2 Å². The minimum absolute atomic E-state index is 0.192. The number of aromatic nitrogens is 1. The molecule has 0 amide bonds. The smallest absolute Gasteiger partial charge is 0.107 e. The molecule has 0 saturated carbocycles. The highest BCUT2D eigenvalue weighted by Gasteiger charge is 2.13. The summed E-state index contributed by atoms with van der Waals surface area (Å²) < 4.78 is 5.01. The van der Waals surface area contributed by atoms with Crippen molar-refractivity contribution in [3.63, 3.8) is 0 Å². The van der Waals surface area contributed by atoms with Gasteiger partial charge in [0.15, 0.2) is 0 Å². The average Bonchev–Trinajstić information content (AvgIpc) is 2.92. The van der Waals surface area contributed by atoms with Gasteiger partial charge in [0.1, 0.15) is 5.01 Å². The highest BCUT2D eigenvalue weighted by atomic mass is 32.1. The lowest BCUT2D eigenvalue weighted by molar-refractivity contribution is 0.199. The van der Waals surface area contributed by atoms with Crippen molar-refractivity contribution in [1.29, 1.82) is 0 Å². The van der Waals surface area contributed by atoms with Crippen LogP contribution >= 0.6 is 11.3 Å². The largest absolute Gasteiger partial charge is 0.383 e. The summed E-state index contributed by atoms with van der Waals surface area (Å²) >= 11 is 1.70. The molecule has 0 unspecified atom stereocenters. The van der Waals surface area contributed by atoms with Crippen LogP contribution in [0, 0.1) is 0 Å². The molecule has 0 aliphatic rings. The van der Waals surface area contributed by atoms with Gasteiger partial charge in [-0.1, -0.05) is 45.0 Å². The third-order valence-electron chi connectivity index (χ3n) is 3.36. The number of nitrogens with one attached hydrogen (secondary N) is 1. The molecule has 0 saturated heterocycles. The molecule has 2 rings (SSSR count). The van der Waals surface area contributed by atoms with Crippen LogP contribution in [0.3, 0.4) is 0 Å². The first-order chi connectivity index (χ1) is 10.0. The van der Waals surface area contributed by atoms with E-state index in [-0.39, 0.29) is 5.41 Å². The summed E-state index contributed by atoms with van der Waals surface area (Å²) in [5.41, 5.74) is 3.78. The number of thiazole rings is 1. The Labute approximate surface area is 131 Å². The SMILES string of the molecule is COCCNCc1nc(-c2ccc(C(C)(C)C)cc2)cs1. The van der Waals surface area contributed by atoms with E-state index in [0.717, 1.165) is 30.4 Å². The van der Waals surface area contributed by atoms with Crippen LogP contribution in [0.1, 0.15) is 31.3 Å². The van der Waals surface area contributed by atoms with Crippen LogP contribution in [-0.2, 0) is 16.7 Å². The molecule has 0 bridgehead atoms. The molecule has 0 radical (unpaired) electrons. The lowest BCUT2D eigenvalue weighted by Gasteiger charge is -2.18. The molecule has 2 aromatic rings. The van der Waals surface area contributed by atoms with Crippen molar-refractivity contribution < 1.29 is 4.74 Å². The number of hydrogen-bond acceptors (Lipinski definition) is 4. The average molecular weight is 304 g/mol. The van der Waals surface area contributed by atoms with Gasteiger partial charge in [0.25, 0.3) is 0 Å². The number of methoxy groups -OCH3 is 1. The van der Waals surface area contributed by atoms with Gasteiger partial charge < -0.3 is 10.1 Å². The summed E-state index contributed by atoms with van der Waals surface area (Å²) in [7, 11) is 1.71. The Bertz CT molecular complexity index is 555. The van der Waals surface area contributed by atoms with Gasteiger partial charge in [-0.05, 0) is 11.0 Å². The molecule has 1 heterocycles. The van der Waals surface area contributed by atoms with E-state index in [4.69, 9.17) is 4.74 Å². The Morgan fingerprint density at radius 2 is 1.90 bits per heavy atom. The van der Waals surface area contributed by atoms with Crippen molar-refractivity contribution in [2.45, 2.75) is 32.7 Å². The zero-order chi connectivity index (χ0) is 15.3. The quantitative estimate of drug-likeness (QED) is 0.823. The number of ether oxygens (including phenoxy) is 1. The zero-order valence-electron chi connectivity index (χ0n) is 13.3. The third kappa shape index (κ3) is 4.63. The Hall–Kier alpha value is -1.23. The van der Waals surface area contributed by atoms with E-state index in [1.54, 1.807) is 18.4 Å². The molecule has 1 aromatic heterocycles. The third-order valence-corrected chi connectivity index (χ3v) is 4.21. The van der Waals surface area contributed by atoms with Crippen LogP contribution in [0.25, 0.3) is 11.3 Å². The Kier molecular flexibility index (Phi) is 5.51. The lowest BCUT2D eigenvalue weighted by atomic mass is 9.86. The van der Waals surface area contributed by atoms with E-state index < -0.39 is 0 Å². The van der Waals surface area contributed by atoms with Crippen LogP contribution in [0.2, 0.25) is 0 Å². The Morgan fingerprint density at radius 3 is 2.52 bits per heavy atom. The molecule has 0 atom stereocenters. The van der Waals surface area contributed by atoms with Crippen molar-refractivity contribution in [2.75, 3.05) is 20.3 Å². The van der Waals surface area contributed by atoms with Crippen molar-refractivity contribution in [2.24, 2.45) is 0 Å². The maximum atomic E-state index is 5.01. The first-order valence-electron chi connectivity index (χ1n) is 7.25. The minimum atomic E-state index is 0.192. The van der Waals surface area contributed by atoms with Gasteiger partial charge in [-0.25, -0.2) is 4.98 Å². The maximum absolute atomic E-state index is 5.01. The molecule has 0 fully saturated rings. The van der Waals surface area contributed by atoms with E-state index in [9.17, 15) is 0 Å². The van der Waals surface area contributed by atoms with Crippen LogP contribution < -0.4 is 5.32 Å². The van der Waals surface area contributed by atoms with E-state index in [1.807, 2.05) is 0 Å². The maximum Gasteiger partial charge on any atom is 0.107 e. The summed E-state index contributed by atoms with van der Waals surface area (Å²) in [4.78, 5) is 4.69. The standard InChI is InChI=1S/C17H24N2OS/c1-17(2,3)14-7-5-13(6-8-14)15-12-21-16(19-15)11-18-9-10-20-4/h5-8,12,18H,9-11H2,1-4H3. The summed E-state index contributed by atoms with van der Waals surface area (Å²) in [6.45, 7) is 9.07. The van der Waals surface area contributed by atoms with Gasteiger partial charge in [-0.15, -0.1) is 11.3 Å². The zero-order valence-corrected chi connectivity index (χ0v) is 14.1. The second-order valence-electron chi connectivity index (χ2n) is 6.12. The van der Waals surface area contributed by atoms with Crippen LogP contribution in [-0.4, -0.2) is 25.2 Å². The molecule has 4 heteroatoms. The highest BCUT2D eigenvalue weighted by molar-refractivity contribution is 7.09. The first kappa shape index (κ1) is 16.1. The van der Waals surface area contributed by atoms with Crippen molar-refractivity contribution in [3.8, 4) is 11.3 Å². The number of hydrogen-bond donors (Lipinski definition) is 1. The first-order valence-corrected chi connectivity index (χ1v) is 8.13. The molecule has 1 aromatic carbocycles. The predicted molar refractivity (Wildman–Crippen MR) is 89.8 cm³/mol. The van der Waals surface area contributed by atoms with E-state index in [2.05, 4.69) is 60.7 Å². The molecule has 0 spiro atoms. The van der Waals surface area contributed by atoms with Crippen molar-refractivity contribution >= 4 is 11.3 Å². The number of nitrogens with zero attached hydrogens (tertiary/aromatic N) is 1. The van der Waals surface area contributed by atoms with Gasteiger partial charge >= 0.3 is 0 Å². The molecule has 1 N–H and O–H groups in total.